The maximum atomic E-state index is 13.1. The summed E-state index contributed by atoms with van der Waals surface area (Å²) in [7, 11) is -2.04. The zero-order chi connectivity index (χ0) is 16.7. The lowest BCUT2D eigenvalue weighted by Gasteiger charge is -2.27. The summed E-state index contributed by atoms with van der Waals surface area (Å²) in [4.78, 5) is 6.53. The number of imidazole rings is 1. The lowest BCUT2D eigenvalue weighted by Crippen LogP contribution is -2.47. The summed E-state index contributed by atoms with van der Waals surface area (Å²) in [6.07, 6.45) is 2.69. The van der Waals surface area contributed by atoms with E-state index >= 15 is 0 Å². The Balaban J connectivity index is 1.96. The van der Waals surface area contributed by atoms with Gasteiger partial charge in [0.1, 0.15) is 12.4 Å². The maximum absolute atomic E-state index is 13.1. The predicted octanol–water partition coefficient (Wildman–Crippen LogP) is 1.09. The van der Waals surface area contributed by atoms with Crippen LogP contribution in [-0.2, 0) is 10.0 Å². The number of H-pyrrole nitrogens is 1. The van der Waals surface area contributed by atoms with Gasteiger partial charge < -0.3 is 10.1 Å². The van der Waals surface area contributed by atoms with Crippen LogP contribution in [0.2, 0.25) is 0 Å². The number of aromatic nitrogens is 2. The van der Waals surface area contributed by atoms with E-state index in [1.165, 1.54) is 24.7 Å². The first-order valence-electron chi connectivity index (χ1n) is 7.32. The molecule has 0 bridgehead atoms. The van der Waals surface area contributed by atoms with Crippen LogP contribution in [0, 0.1) is 11.7 Å². The van der Waals surface area contributed by atoms with Crippen LogP contribution in [0.25, 0.3) is 0 Å². The van der Waals surface area contributed by atoms with Crippen LogP contribution in [0.3, 0.4) is 0 Å². The van der Waals surface area contributed by atoms with Crippen LogP contribution in [0.5, 0.6) is 0 Å². The molecule has 8 heteroatoms. The Kier molecular flexibility index (Phi) is 3.99. The second-order valence-corrected chi connectivity index (χ2v) is 8.40. The molecule has 2 heterocycles. The second kappa shape index (κ2) is 5.70. The molecule has 2 N–H and O–H groups in total. The highest BCUT2D eigenvalue weighted by atomic mass is 32.2. The molecule has 0 saturated carbocycles. The van der Waals surface area contributed by atoms with Crippen molar-refractivity contribution < 1.29 is 21.8 Å². The lowest BCUT2D eigenvalue weighted by molar-refractivity contribution is -0.773. The summed E-state index contributed by atoms with van der Waals surface area (Å²) in [5.41, 5.74) is 0.838. The minimum absolute atomic E-state index is 0.00329. The highest BCUT2D eigenvalue weighted by molar-refractivity contribution is 7.85. The molecule has 0 amide bonds. The number of aliphatic hydroxyl groups is 1. The van der Waals surface area contributed by atoms with Crippen molar-refractivity contribution in [2.45, 2.75) is 10.9 Å². The van der Waals surface area contributed by atoms with Crippen molar-refractivity contribution in [3.05, 3.63) is 48.2 Å². The Morgan fingerprint density at radius 1 is 1.35 bits per heavy atom. The number of likely N-dealkylation sites (N-methyl/N-ethyl adjacent to an activating group) is 1. The number of hydrogen-bond acceptors (Lipinski definition) is 4. The fourth-order valence-electron chi connectivity index (χ4n) is 3.35. The van der Waals surface area contributed by atoms with Gasteiger partial charge in [-0.25, -0.2) is 13.3 Å². The van der Waals surface area contributed by atoms with Crippen molar-refractivity contribution in [2.24, 2.45) is 5.92 Å². The molecule has 0 radical (unpaired) electrons. The minimum Gasteiger partial charge on any atom is -0.396 e. The Morgan fingerprint density at radius 3 is 2.61 bits per heavy atom. The summed E-state index contributed by atoms with van der Waals surface area (Å²) in [5, 5.41) is 9.68. The molecule has 2 aromatic rings. The molecular weight excluding hydrogens is 321 g/mol. The first-order valence-corrected chi connectivity index (χ1v) is 8.76. The fourth-order valence-corrected chi connectivity index (χ4v) is 4.94. The van der Waals surface area contributed by atoms with E-state index in [1.807, 2.05) is 0 Å². The van der Waals surface area contributed by atoms with Gasteiger partial charge in [0.2, 0.25) is 5.03 Å². The van der Waals surface area contributed by atoms with Crippen molar-refractivity contribution >= 4 is 10.0 Å². The van der Waals surface area contributed by atoms with Crippen LogP contribution < -0.4 is 0 Å². The lowest BCUT2D eigenvalue weighted by atomic mass is 9.89. The van der Waals surface area contributed by atoms with E-state index < -0.39 is 10.0 Å². The molecule has 1 unspecified atom stereocenters. The van der Waals surface area contributed by atoms with Gasteiger partial charge in [-0.15, -0.1) is 0 Å². The van der Waals surface area contributed by atoms with E-state index in [-0.39, 0.29) is 39.7 Å². The van der Waals surface area contributed by atoms with Gasteiger partial charge >= 0.3 is 10.0 Å². The molecule has 1 aromatic heterocycles. The third-order valence-electron chi connectivity index (χ3n) is 4.62. The predicted molar refractivity (Wildman–Crippen MR) is 81.4 cm³/mol. The number of benzene rings is 1. The van der Waals surface area contributed by atoms with Crippen LogP contribution in [0.4, 0.5) is 4.39 Å². The minimum atomic E-state index is -3.68. The van der Waals surface area contributed by atoms with Crippen LogP contribution in [0.1, 0.15) is 11.5 Å². The molecule has 23 heavy (non-hydrogen) atoms. The number of likely N-dealkylation sites (tertiary alicyclic amines) is 1. The zero-order valence-corrected chi connectivity index (χ0v) is 13.5. The van der Waals surface area contributed by atoms with Gasteiger partial charge in [0.25, 0.3) is 0 Å². The molecule has 1 aromatic carbocycles. The first kappa shape index (κ1) is 16.1. The third kappa shape index (κ3) is 2.66. The number of quaternary nitrogens is 1. The number of halogens is 1. The molecule has 3 atom stereocenters. The number of nitrogens with one attached hydrogen (secondary N) is 1. The van der Waals surface area contributed by atoms with E-state index in [0.29, 0.717) is 6.54 Å². The molecule has 0 aliphatic carbocycles. The Bertz CT molecular complexity index is 777. The highest BCUT2D eigenvalue weighted by Crippen LogP contribution is 2.39. The fraction of sp³-hybridized carbons (Fsp3) is 0.400. The summed E-state index contributed by atoms with van der Waals surface area (Å²) in [5.74, 6) is -0.702. The van der Waals surface area contributed by atoms with Gasteiger partial charge in [-0.2, -0.15) is 8.42 Å². The monoisotopic (exact) mass is 340 g/mol. The standard InChI is InChI=1S/C15H19FN3O3S/c1-19(23(21,22)15-6-17-10-18-15)7-12(9-20)14(8-19)11-2-4-13(16)5-3-11/h2-6,10,12,14,20H,7-9H2,1H3,(H,17,18)/q+1/t12?,14-,19-/m0/s1. The molecule has 3 rings (SSSR count). The van der Waals surface area contributed by atoms with Gasteiger partial charge in [0, 0.05) is 18.0 Å². The van der Waals surface area contributed by atoms with Gasteiger partial charge in [-0.3, -0.25) is 0 Å². The number of aliphatic hydroxyl groups excluding tert-OH is 1. The summed E-state index contributed by atoms with van der Waals surface area (Å²) in [6, 6.07) is 6.02. The van der Waals surface area contributed by atoms with Gasteiger partial charge in [0.05, 0.1) is 26.5 Å². The van der Waals surface area contributed by atoms with Gasteiger partial charge in [0.15, 0.2) is 0 Å². The van der Waals surface area contributed by atoms with Gasteiger partial charge in [-0.05, 0) is 17.7 Å². The summed E-state index contributed by atoms with van der Waals surface area (Å²) in [6.45, 7) is 0.478. The largest absolute Gasteiger partial charge is 0.396 e. The molecule has 6 nitrogen and oxygen atoms in total. The van der Waals surface area contributed by atoms with Gasteiger partial charge in [-0.1, -0.05) is 12.1 Å². The van der Waals surface area contributed by atoms with Crippen molar-refractivity contribution in [1.82, 2.24) is 9.97 Å². The van der Waals surface area contributed by atoms with E-state index in [0.717, 1.165) is 5.56 Å². The molecule has 1 aliphatic heterocycles. The zero-order valence-electron chi connectivity index (χ0n) is 12.7. The first-order chi connectivity index (χ1) is 10.9. The number of rotatable bonds is 4. The summed E-state index contributed by atoms with van der Waals surface area (Å²) >= 11 is 0. The second-order valence-electron chi connectivity index (χ2n) is 6.15. The van der Waals surface area contributed by atoms with E-state index in [1.54, 1.807) is 19.2 Å². The van der Waals surface area contributed by atoms with Crippen molar-refractivity contribution in [3.63, 3.8) is 0 Å². The number of hydrogen-bond donors (Lipinski definition) is 2. The molecule has 1 saturated heterocycles. The van der Waals surface area contributed by atoms with E-state index in [4.69, 9.17) is 0 Å². The smallest absolute Gasteiger partial charge is 0.346 e. The van der Waals surface area contributed by atoms with Crippen LogP contribution >= 0.6 is 0 Å². The van der Waals surface area contributed by atoms with E-state index in [2.05, 4.69) is 9.97 Å². The Morgan fingerprint density at radius 2 is 2.04 bits per heavy atom. The summed E-state index contributed by atoms with van der Waals surface area (Å²) < 4.78 is 38.6. The number of aromatic amines is 1. The molecule has 1 aliphatic rings. The Labute approximate surface area is 134 Å². The Hall–Kier alpha value is -1.77. The van der Waals surface area contributed by atoms with Crippen molar-refractivity contribution in [1.29, 1.82) is 0 Å². The maximum Gasteiger partial charge on any atom is 0.346 e. The highest BCUT2D eigenvalue weighted by Gasteiger charge is 2.51. The van der Waals surface area contributed by atoms with Crippen molar-refractivity contribution in [3.8, 4) is 0 Å². The number of nitrogens with zero attached hydrogens (tertiary/aromatic N) is 2. The topological polar surface area (TPSA) is 83.0 Å². The quantitative estimate of drug-likeness (QED) is 0.816. The molecular formula is C15H19FN3O3S+. The number of sulfonamides is 1. The van der Waals surface area contributed by atoms with Crippen molar-refractivity contribution in [2.75, 3.05) is 26.7 Å². The molecule has 124 valence electrons. The van der Waals surface area contributed by atoms with Crippen LogP contribution in [-0.4, -0.2) is 54.1 Å². The average Bonchev–Trinajstić information content (AvgIpc) is 3.16. The molecule has 0 spiro atoms. The molecule has 1 fully saturated rings. The third-order valence-corrected chi connectivity index (χ3v) is 6.83. The van der Waals surface area contributed by atoms with E-state index in [9.17, 15) is 17.9 Å². The normalized spacial score (nSPS) is 28.1. The average molecular weight is 340 g/mol. The SMILES string of the molecule is C[N@+]1(S(=O)(=O)c2c[nH]cn2)CC(CO)[C@H](c2ccc(F)cc2)C1. The van der Waals surface area contributed by atoms with Crippen LogP contribution in [0.15, 0.2) is 41.8 Å².